The molecule has 0 aromatic carbocycles. The molecule has 1 aromatic rings. The molecule has 0 amide bonds. The molecule has 0 spiro atoms. The van der Waals surface area contributed by atoms with Gasteiger partial charge in [0.25, 0.3) is 0 Å². The maximum absolute atomic E-state index is 12.8. The number of likely N-dealkylation sites (tertiary alicyclic amines) is 1. The lowest BCUT2D eigenvalue weighted by molar-refractivity contribution is -0.166. The van der Waals surface area contributed by atoms with Crippen molar-refractivity contribution in [3.63, 3.8) is 0 Å². The summed E-state index contributed by atoms with van der Waals surface area (Å²) in [5.74, 6) is -0.0809. The molecule has 1 saturated heterocycles. The van der Waals surface area contributed by atoms with Gasteiger partial charge >= 0.3 is 12.1 Å². The van der Waals surface area contributed by atoms with E-state index in [0.717, 1.165) is 38.2 Å². The summed E-state index contributed by atoms with van der Waals surface area (Å²) in [4.78, 5) is 18.0. The molecule has 1 aromatic heterocycles. The van der Waals surface area contributed by atoms with Gasteiger partial charge in [0, 0.05) is 6.20 Å². The number of alkyl halides is 3. The van der Waals surface area contributed by atoms with Gasteiger partial charge in [0.1, 0.15) is 11.2 Å². The maximum atomic E-state index is 12.8. The van der Waals surface area contributed by atoms with Gasteiger partial charge < -0.3 is 4.74 Å². The number of hydrogen-bond acceptors (Lipinski definition) is 4. The molecule has 1 aliphatic heterocycles. The number of aromatic nitrogens is 1. The number of ether oxygens (including phenoxy) is 1. The molecule has 2 fully saturated rings. The Bertz CT molecular complexity index is 621. The van der Waals surface area contributed by atoms with E-state index in [4.69, 9.17) is 4.74 Å². The normalized spacial score (nSPS) is 21.6. The smallest absolute Gasteiger partial charge is 0.433 e. The minimum Gasteiger partial charge on any atom is -0.465 e. The molecule has 1 saturated carbocycles. The van der Waals surface area contributed by atoms with Crippen molar-refractivity contribution >= 4 is 5.97 Å². The highest BCUT2D eigenvalue weighted by Gasteiger charge is 2.50. The standard InChI is InChI=1S/C18H23F3N2O2/c1-2-25-16(24)17(7-3-8-17)23-10-5-13(6-11-23)14-4-9-22-15(12-14)18(19,20)21/h4,9,12-13H,2-3,5-8,10-11H2,1H3. The zero-order valence-corrected chi connectivity index (χ0v) is 14.3. The van der Waals surface area contributed by atoms with Crippen LogP contribution in [-0.4, -0.2) is 41.1 Å². The van der Waals surface area contributed by atoms with E-state index in [-0.39, 0.29) is 11.9 Å². The number of piperidine rings is 1. The summed E-state index contributed by atoms with van der Waals surface area (Å²) >= 11 is 0. The number of carbonyl (C=O) groups is 1. The third-order valence-corrected chi connectivity index (χ3v) is 5.48. The van der Waals surface area contributed by atoms with Crippen molar-refractivity contribution in [1.82, 2.24) is 9.88 Å². The summed E-state index contributed by atoms with van der Waals surface area (Å²) in [5.41, 5.74) is -0.661. The van der Waals surface area contributed by atoms with Gasteiger partial charge in [0.2, 0.25) is 0 Å². The first-order valence-electron chi connectivity index (χ1n) is 8.82. The molecule has 0 unspecified atom stereocenters. The van der Waals surface area contributed by atoms with Crippen molar-refractivity contribution in [3.8, 4) is 0 Å². The third-order valence-electron chi connectivity index (χ3n) is 5.48. The average molecular weight is 356 g/mol. The number of rotatable bonds is 4. The molecule has 0 N–H and O–H groups in total. The van der Waals surface area contributed by atoms with Gasteiger partial charge in [-0.2, -0.15) is 13.2 Å². The lowest BCUT2D eigenvalue weighted by Crippen LogP contribution is -2.61. The van der Waals surface area contributed by atoms with Crippen molar-refractivity contribution < 1.29 is 22.7 Å². The Hall–Kier alpha value is -1.63. The van der Waals surface area contributed by atoms with Crippen LogP contribution in [0, 0.1) is 0 Å². The molecule has 0 bridgehead atoms. The summed E-state index contributed by atoms with van der Waals surface area (Å²) in [6.45, 7) is 3.58. The Morgan fingerprint density at radius 3 is 2.56 bits per heavy atom. The van der Waals surface area contributed by atoms with Crippen molar-refractivity contribution in [2.75, 3.05) is 19.7 Å². The molecular formula is C18H23F3N2O2. The molecule has 3 rings (SSSR count). The Labute approximate surface area is 145 Å². The Morgan fingerprint density at radius 2 is 2.04 bits per heavy atom. The highest BCUT2D eigenvalue weighted by Crippen LogP contribution is 2.42. The van der Waals surface area contributed by atoms with Crippen LogP contribution in [0.2, 0.25) is 0 Å². The minimum absolute atomic E-state index is 0.0691. The lowest BCUT2D eigenvalue weighted by Gasteiger charge is -2.50. The van der Waals surface area contributed by atoms with E-state index in [1.165, 1.54) is 6.20 Å². The van der Waals surface area contributed by atoms with Gasteiger partial charge in [0.05, 0.1) is 6.61 Å². The predicted molar refractivity (Wildman–Crippen MR) is 86.0 cm³/mol. The second-order valence-corrected chi connectivity index (χ2v) is 6.84. The molecule has 138 valence electrons. The molecular weight excluding hydrogens is 333 g/mol. The second kappa shape index (κ2) is 6.94. The summed E-state index contributed by atoms with van der Waals surface area (Å²) in [6, 6.07) is 2.82. The maximum Gasteiger partial charge on any atom is 0.433 e. The zero-order chi connectivity index (χ0) is 18.1. The van der Waals surface area contributed by atoms with Crippen molar-refractivity contribution in [2.45, 2.75) is 56.7 Å². The van der Waals surface area contributed by atoms with Gasteiger partial charge in [-0.1, -0.05) is 0 Å². The topological polar surface area (TPSA) is 42.4 Å². The highest BCUT2D eigenvalue weighted by atomic mass is 19.4. The molecule has 0 atom stereocenters. The van der Waals surface area contributed by atoms with E-state index in [1.807, 2.05) is 0 Å². The van der Waals surface area contributed by atoms with Crippen LogP contribution >= 0.6 is 0 Å². The Kier molecular flexibility index (Phi) is 5.04. The molecule has 7 heteroatoms. The summed E-state index contributed by atoms with van der Waals surface area (Å²) in [6.07, 6.45) is 0.921. The average Bonchev–Trinajstić information content (AvgIpc) is 2.54. The Balaban J connectivity index is 1.67. The van der Waals surface area contributed by atoms with Crippen LogP contribution in [0.3, 0.4) is 0 Å². The quantitative estimate of drug-likeness (QED) is 0.771. The molecule has 4 nitrogen and oxygen atoms in total. The monoisotopic (exact) mass is 356 g/mol. The summed E-state index contributed by atoms with van der Waals surface area (Å²) < 4.78 is 43.8. The van der Waals surface area contributed by atoms with Crippen molar-refractivity contribution in [1.29, 1.82) is 0 Å². The van der Waals surface area contributed by atoms with Crippen LogP contribution in [0.1, 0.15) is 56.2 Å². The first-order chi connectivity index (χ1) is 11.9. The largest absolute Gasteiger partial charge is 0.465 e. The van der Waals surface area contributed by atoms with Crippen LogP contribution in [0.15, 0.2) is 18.3 Å². The van der Waals surface area contributed by atoms with E-state index in [2.05, 4.69) is 9.88 Å². The van der Waals surface area contributed by atoms with Gasteiger partial charge in [-0.3, -0.25) is 14.7 Å². The van der Waals surface area contributed by atoms with Crippen molar-refractivity contribution in [3.05, 3.63) is 29.6 Å². The van der Waals surface area contributed by atoms with E-state index in [1.54, 1.807) is 13.0 Å². The van der Waals surface area contributed by atoms with Crippen LogP contribution in [0.25, 0.3) is 0 Å². The Morgan fingerprint density at radius 1 is 1.36 bits per heavy atom. The van der Waals surface area contributed by atoms with Gasteiger partial charge in [-0.15, -0.1) is 0 Å². The van der Waals surface area contributed by atoms with E-state index in [0.29, 0.717) is 25.3 Å². The van der Waals surface area contributed by atoms with Crippen LogP contribution in [0.4, 0.5) is 13.2 Å². The zero-order valence-electron chi connectivity index (χ0n) is 14.3. The van der Waals surface area contributed by atoms with Gasteiger partial charge in [0.15, 0.2) is 0 Å². The fourth-order valence-electron chi connectivity index (χ4n) is 3.92. The molecule has 2 aliphatic rings. The number of esters is 1. The number of nitrogens with zero attached hydrogens (tertiary/aromatic N) is 2. The first-order valence-corrected chi connectivity index (χ1v) is 8.82. The lowest BCUT2D eigenvalue weighted by atomic mass is 9.73. The van der Waals surface area contributed by atoms with Gasteiger partial charge in [-0.25, -0.2) is 0 Å². The number of hydrogen-bond donors (Lipinski definition) is 0. The molecule has 25 heavy (non-hydrogen) atoms. The summed E-state index contributed by atoms with van der Waals surface area (Å²) in [7, 11) is 0. The van der Waals surface area contributed by atoms with Crippen LogP contribution < -0.4 is 0 Å². The van der Waals surface area contributed by atoms with Crippen molar-refractivity contribution in [2.24, 2.45) is 0 Å². The van der Waals surface area contributed by atoms with E-state index >= 15 is 0 Å². The van der Waals surface area contributed by atoms with E-state index in [9.17, 15) is 18.0 Å². The van der Waals surface area contributed by atoms with Gasteiger partial charge in [-0.05, 0) is 75.7 Å². The minimum atomic E-state index is -4.42. The number of pyridine rings is 1. The summed E-state index contributed by atoms with van der Waals surface area (Å²) in [5, 5.41) is 0. The van der Waals surface area contributed by atoms with E-state index < -0.39 is 17.4 Å². The predicted octanol–water partition coefficient (Wildman–Crippen LogP) is 3.77. The first kappa shape index (κ1) is 18.2. The fourth-order valence-corrected chi connectivity index (χ4v) is 3.92. The van der Waals surface area contributed by atoms with Crippen LogP contribution in [-0.2, 0) is 15.7 Å². The molecule has 0 radical (unpaired) electrons. The number of carbonyl (C=O) groups excluding carboxylic acids is 1. The fraction of sp³-hybridized carbons (Fsp3) is 0.667. The third kappa shape index (κ3) is 3.52. The molecule has 1 aliphatic carbocycles. The highest BCUT2D eigenvalue weighted by molar-refractivity contribution is 5.82. The SMILES string of the molecule is CCOC(=O)C1(N2CCC(c3ccnc(C(F)(F)F)c3)CC2)CCC1. The van der Waals surface area contributed by atoms with Crippen LogP contribution in [0.5, 0.6) is 0 Å². The second-order valence-electron chi connectivity index (χ2n) is 6.84. The number of halogens is 3. The molecule has 2 heterocycles.